The second-order valence-corrected chi connectivity index (χ2v) is 8.10. The third-order valence-electron chi connectivity index (χ3n) is 4.00. The summed E-state index contributed by atoms with van der Waals surface area (Å²) in [5.74, 6) is 1.25. The molecule has 0 aliphatic carbocycles. The normalized spacial score (nSPS) is 12.2. The Labute approximate surface area is 167 Å². The number of nitrogens with one attached hydrogen (secondary N) is 1. The van der Waals surface area contributed by atoms with Gasteiger partial charge in [-0.05, 0) is 55.7 Å². The van der Waals surface area contributed by atoms with E-state index >= 15 is 0 Å². The summed E-state index contributed by atoms with van der Waals surface area (Å²) in [5, 5.41) is 8.99. The number of sulfonamides is 1. The number of hydrogen-bond donors (Lipinski definition) is 1. The molecule has 1 N–H and O–H groups in total. The number of nitriles is 1. The topological polar surface area (TPSA) is 88.4 Å². The molecule has 1 unspecified atom stereocenters. The minimum absolute atomic E-state index is 0.0590. The van der Waals surface area contributed by atoms with Crippen LogP contribution in [0.4, 0.5) is 0 Å². The van der Waals surface area contributed by atoms with Crippen LogP contribution in [0.2, 0.25) is 0 Å². The van der Waals surface area contributed by atoms with Gasteiger partial charge in [0.1, 0.15) is 0 Å². The molecular weight excluding hydrogens is 376 g/mol. The molecule has 2 aromatic rings. The van der Waals surface area contributed by atoms with E-state index < -0.39 is 16.1 Å². The molecule has 2 rings (SSSR count). The van der Waals surface area contributed by atoms with Crippen LogP contribution < -0.4 is 14.2 Å². The molecule has 0 bridgehead atoms. The molecule has 0 amide bonds. The molecule has 150 valence electrons. The zero-order valence-corrected chi connectivity index (χ0v) is 17.3. The van der Waals surface area contributed by atoms with Crippen LogP contribution in [-0.4, -0.2) is 21.6 Å². The highest BCUT2D eigenvalue weighted by Gasteiger charge is 2.20. The summed E-state index contributed by atoms with van der Waals surface area (Å²) < 4.78 is 39.5. The molecule has 28 heavy (non-hydrogen) atoms. The Bertz CT molecular complexity index is 936. The van der Waals surface area contributed by atoms with Crippen LogP contribution in [0.1, 0.15) is 50.8 Å². The summed E-state index contributed by atoms with van der Waals surface area (Å²) in [6.07, 6.45) is 1.74. The van der Waals surface area contributed by atoms with Crippen molar-refractivity contribution < 1.29 is 17.9 Å². The van der Waals surface area contributed by atoms with Crippen LogP contribution in [0.25, 0.3) is 0 Å². The Balaban J connectivity index is 2.24. The van der Waals surface area contributed by atoms with E-state index in [1.54, 1.807) is 31.2 Å². The molecule has 2 aromatic carbocycles. The molecule has 1 atom stereocenters. The van der Waals surface area contributed by atoms with Crippen LogP contribution in [0.5, 0.6) is 11.5 Å². The number of ether oxygens (including phenoxy) is 2. The minimum atomic E-state index is -3.77. The number of rotatable bonds is 10. The lowest BCUT2D eigenvalue weighted by atomic mass is 10.1. The summed E-state index contributed by atoms with van der Waals surface area (Å²) in [4.78, 5) is 0.0590. The van der Waals surface area contributed by atoms with E-state index in [9.17, 15) is 8.42 Å². The van der Waals surface area contributed by atoms with E-state index in [0.29, 0.717) is 30.3 Å². The lowest BCUT2D eigenvalue weighted by molar-refractivity contribution is 0.268. The van der Waals surface area contributed by atoms with E-state index in [-0.39, 0.29) is 4.90 Å². The van der Waals surface area contributed by atoms with E-state index in [2.05, 4.69) is 4.72 Å². The Morgan fingerprint density at radius 1 is 1.04 bits per heavy atom. The van der Waals surface area contributed by atoms with Gasteiger partial charge < -0.3 is 9.47 Å². The molecule has 0 aliphatic rings. The van der Waals surface area contributed by atoms with Crippen molar-refractivity contribution in [2.45, 2.75) is 44.6 Å². The summed E-state index contributed by atoms with van der Waals surface area (Å²) in [5.41, 5.74) is 1.05. The van der Waals surface area contributed by atoms with E-state index in [4.69, 9.17) is 14.7 Å². The van der Waals surface area contributed by atoms with E-state index in [0.717, 1.165) is 18.4 Å². The van der Waals surface area contributed by atoms with Gasteiger partial charge in [0.2, 0.25) is 10.0 Å². The fourth-order valence-electron chi connectivity index (χ4n) is 2.55. The van der Waals surface area contributed by atoms with E-state index in [1.807, 2.05) is 26.0 Å². The predicted molar refractivity (Wildman–Crippen MR) is 108 cm³/mol. The monoisotopic (exact) mass is 402 g/mol. The smallest absolute Gasteiger partial charge is 0.241 e. The maximum Gasteiger partial charge on any atom is 0.241 e. The lowest BCUT2D eigenvalue weighted by Gasteiger charge is -2.18. The first-order valence-corrected chi connectivity index (χ1v) is 10.8. The van der Waals surface area contributed by atoms with Crippen molar-refractivity contribution in [3.05, 3.63) is 53.6 Å². The van der Waals surface area contributed by atoms with E-state index in [1.165, 1.54) is 12.1 Å². The Morgan fingerprint density at radius 2 is 1.71 bits per heavy atom. The predicted octanol–water partition coefficient (Wildman–Crippen LogP) is 4.18. The zero-order valence-electron chi connectivity index (χ0n) is 16.4. The summed E-state index contributed by atoms with van der Waals surface area (Å²) in [6.45, 7) is 6.94. The minimum Gasteiger partial charge on any atom is -0.490 e. The SMILES string of the molecule is CCCOc1ccc(C(C)NS(=O)(=O)c2cccc(C#N)c2)cc1OCCC. The molecular formula is C21H26N2O4S. The second-order valence-electron chi connectivity index (χ2n) is 6.39. The van der Waals surface area contributed by atoms with Crippen molar-refractivity contribution in [3.8, 4) is 17.6 Å². The maximum absolute atomic E-state index is 12.7. The average molecular weight is 403 g/mol. The lowest BCUT2D eigenvalue weighted by Crippen LogP contribution is -2.27. The standard InChI is InChI=1S/C21H26N2O4S/c1-4-11-26-20-10-9-18(14-21(20)27-12-5-2)16(3)23-28(24,25)19-8-6-7-17(13-19)15-22/h6-10,13-14,16,23H,4-5,11-12H2,1-3H3. The second kappa shape index (κ2) is 10.1. The zero-order chi connectivity index (χ0) is 20.6. The van der Waals surface area contributed by atoms with Crippen LogP contribution in [-0.2, 0) is 10.0 Å². The molecule has 6 nitrogen and oxygen atoms in total. The molecule has 0 radical (unpaired) electrons. The summed E-state index contributed by atoms with van der Waals surface area (Å²) in [7, 11) is -3.77. The number of hydrogen-bond acceptors (Lipinski definition) is 5. The van der Waals surface area contributed by atoms with Gasteiger partial charge in [-0.2, -0.15) is 5.26 Å². The maximum atomic E-state index is 12.7. The van der Waals surface area contributed by atoms with Gasteiger partial charge in [-0.1, -0.05) is 26.0 Å². The summed E-state index contributed by atoms with van der Waals surface area (Å²) >= 11 is 0. The van der Waals surface area contributed by atoms with Crippen LogP contribution >= 0.6 is 0 Å². The van der Waals surface area contributed by atoms with Crippen molar-refractivity contribution in [1.82, 2.24) is 4.72 Å². The molecule has 0 heterocycles. The van der Waals surface area contributed by atoms with Crippen molar-refractivity contribution in [2.24, 2.45) is 0 Å². The molecule has 0 aromatic heterocycles. The number of nitrogens with zero attached hydrogens (tertiary/aromatic N) is 1. The molecule has 0 spiro atoms. The first-order valence-electron chi connectivity index (χ1n) is 9.33. The molecule has 0 saturated carbocycles. The van der Waals surface area contributed by atoms with Gasteiger partial charge in [0.25, 0.3) is 0 Å². The fourth-order valence-corrected chi connectivity index (χ4v) is 3.83. The van der Waals surface area contributed by atoms with Crippen molar-refractivity contribution in [3.63, 3.8) is 0 Å². The quantitative estimate of drug-likeness (QED) is 0.644. The van der Waals surface area contributed by atoms with Crippen LogP contribution in [0.15, 0.2) is 47.4 Å². The fraction of sp³-hybridized carbons (Fsp3) is 0.381. The molecule has 0 aliphatic heterocycles. The van der Waals surface area contributed by atoms with Crippen molar-refractivity contribution in [2.75, 3.05) is 13.2 Å². The van der Waals surface area contributed by atoms with Gasteiger partial charge in [-0.15, -0.1) is 0 Å². The Morgan fingerprint density at radius 3 is 2.36 bits per heavy atom. The highest BCUT2D eigenvalue weighted by atomic mass is 32.2. The van der Waals surface area contributed by atoms with Gasteiger partial charge >= 0.3 is 0 Å². The average Bonchev–Trinajstić information content (AvgIpc) is 2.70. The van der Waals surface area contributed by atoms with Gasteiger partial charge in [-0.25, -0.2) is 13.1 Å². The third-order valence-corrected chi connectivity index (χ3v) is 5.53. The third kappa shape index (κ3) is 5.72. The van der Waals surface area contributed by atoms with Crippen molar-refractivity contribution >= 4 is 10.0 Å². The first-order chi connectivity index (χ1) is 13.4. The van der Waals surface area contributed by atoms with Crippen molar-refractivity contribution in [1.29, 1.82) is 5.26 Å². The highest BCUT2D eigenvalue weighted by molar-refractivity contribution is 7.89. The highest BCUT2D eigenvalue weighted by Crippen LogP contribution is 2.31. The van der Waals surface area contributed by atoms with Crippen LogP contribution in [0, 0.1) is 11.3 Å². The molecule has 7 heteroatoms. The van der Waals surface area contributed by atoms with Crippen LogP contribution in [0.3, 0.4) is 0 Å². The van der Waals surface area contributed by atoms with Gasteiger partial charge in [0.05, 0.1) is 29.7 Å². The van der Waals surface area contributed by atoms with Gasteiger partial charge in [-0.3, -0.25) is 0 Å². The molecule has 0 saturated heterocycles. The van der Waals surface area contributed by atoms with Gasteiger partial charge in [0, 0.05) is 6.04 Å². The Hall–Kier alpha value is -2.56. The largest absolute Gasteiger partial charge is 0.490 e. The number of benzene rings is 2. The Kier molecular flexibility index (Phi) is 7.85. The first kappa shape index (κ1) is 21.7. The molecule has 0 fully saturated rings. The van der Waals surface area contributed by atoms with Gasteiger partial charge in [0.15, 0.2) is 11.5 Å². The summed E-state index contributed by atoms with van der Waals surface area (Å²) in [6, 6.07) is 12.8.